The predicted octanol–water partition coefficient (Wildman–Crippen LogP) is 5.28. The molecule has 0 radical (unpaired) electrons. The van der Waals surface area contributed by atoms with E-state index in [9.17, 15) is 8.42 Å². The van der Waals surface area contributed by atoms with E-state index in [4.69, 9.17) is 23.2 Å². The second-order valence-electron chi connectivity index (χ2n) is 8.07. The zero-order valence-electron chi connectivity index (χ0n) is 20.4. The summed E-state index contributed by atoms with van der Waals surface area (Å²) in [5, 5.41) is 4.68. The minimum atomic E-state index is -3.85. The Labute approximate surface area is 212 Å². The van der Waals surface area contributed by atoms with Gasteiger partial charge in [0.05, 0.1) is 26.2 Å². The van der Waals surface area contributed by atoms with Gasteiger partial charge in [-0.2, -0.15) is 4.98 Å². The Morgan fingerprint density at radius 1 is 0.838 bits per heavy atom. The molecule has 11 heteroatoms. The van der Waals surface area contributed by atoms with E-state index in [1.807, 2.05) is 0 Å². The van der Waals surface area contributed by atoms with E-state index in [0.29, 0.717) is 56.6 Å². The molecule has 3 aromatic carbocycles. The maximum atomic E-state index is 13.0. The first-order chi connectivity index (χ1) is 17.8. The average Bonchev–Trinajstić information content (AvgIpc) is 3.53. The van der Waals surface area contributed by atoms with Gasteiger partial charge in [-0.15, -0.1) is 0 Å². The number of furan rings is 1. The fourth-order valence-electron chi connectivity index (χ4n) is 3.81. The largest absolute Gasteiger partial charge is 0.497 e. The minimum absolute atomic E-state index is 0.0842. The van der Waals surface area contributed by atoms with E-state index in [2.05, 4.69) is 14.9 Å². The zero-order chi connectivity index (χ0) is 26.2. The highest BCUT2D eigenvalue weighted by atomic mass is 32.2. The summed E-state index contributed by atoms with van der Waals surface area (Å²) in [6, 6.07) is 16.5. The van der Waals surface area contributed by atoms with Gasteiger partial charge >= 0.3 is 0 Å². The Morgan fingerprint density at radius 3 is 2.16 bits per heavy atom. The number of nitrogens with zero attached hydrogens (tertiary/aromatic N) is 2. The van der Waals surface area contributed by atoms with Crippen LogP contribution in [-0.2, 0) is 10.0 Å². The van der Waals surface area contributed by atoms with Crippen LogP contribution in [0.5, 0.6) is 17.2 Å². The van der Waals surface area contributed by atoms with Gasteiger partial charge in [0.1, 0.15) is 22.8 Å². The highest BCUT2D eigenvalue weighted by Crippen LogP contribution is 2.35. The average molecular weight is 522 g/mol. The quantitative estimate of drug-likeness (QED) is 0.290. The first-order valence-electron chi connectivity index (χ1n) is 11.1. The van der Waals surface area contributed by atoms with Crippen LogP contribution in [0.15, 0.2) is 74.5 Å². The van der Waals surface area contributed by atoms with E-state index in [1.54, 1.807) is 82.9 Å². The van der Waals surface area contributed by atoms with E-state index >= 15 is 0 Å². The number of ether oxygens (including phenoxy) is 3. The van der Waals surface area contributed by atoms with Crippen molar-refractivity contribution in [3.63, 3.8) is 0 Å². The molecule has 0 fully saturated rings. The fraction of sp³-hybridized carbons (Fsp3) is 0.154. The molecule has 0 unspecified atom stereocenters. The third-order valence-electron chi connectivity index (χ3n) is 5.79. The second-order valence-corrected chi connectivity index (χ2v) is 9.76. The summed E-state index contributed by atoms with van der Waals surface area (Å²) in [7, 11) is 0.802. The maximum Gasteiger partial charge on any atom is 0.294 e. The molecule has 0 bridgehead atoms. The number of methoxy groups -OCH3 is 3. The molecule has 0 atom stereocenters. The SMILES string of the molecule is COc1ccc(NS(=O)(=O)c2ccc3oc(-c4nc(-c5cc(OC)cc(OC)c5)no4)c(C)c3c2)cc1. The van der Waals surface area contributed by atoms with Crippen molar-refractivity contribution in [2.45, 2.75) is 11.8 Å². The molecule has 190 valence electrons. The van der Waals surface area contributed by atoms with E-state index in [0.717, 1.165) is 0 Å². The van der Waals surface area contributed by atoms with Crippen LogP contribution in [0, 0.1) is 6.92 Å². The number of aromatic nitrogens is 2. The maximum absolute atomic E-state index is 13.0. The third kappa shape index (κ3) is 4.68. The van der Waals surface area contributed by atoms with Crippen LogP contribution >= 0.6 is 0 Å². The molecular formula is C26H23N3O7S. The Bertz CT molecular complexity index is 1670. The monoisotopic (exact) mass is 521 g/mol. The van der Waals surface area contributed by atoms with Crippen molar-refractivity contribution in [2.24, 2.45) is 0 Å². The molecule has 2 aromatic heterocycles. The number of aryl methyl sites for hydroxylation is 1. The molecule has 5 rings (SSSR count). The van der Waals surface area contributed by atoms with Crippen molar-refractivity contribution in [2.75, 3.05) is 26.1 Å². The molecule has 37 heavy (non-hydrogen) atoms. The molecule has 5 aromatic rings. The van der Waals surface area contributed by atoms with E-state index < -0.39 is 10.0 Å². The Morgan fingerprint density at radius 2 is 1.51 bits per heavy atom. The zero-order valence-corrected chi connectivity index (χ0v) is 21.3. The molecule has 1 N–H and O–H groups in total. The van der Waals surface area contributed by atoms with Crippen molar-refractivity contribution < 1.29 is 31.6 Å². The number of rotatable bonds is 8. The lowest BCUT2D eigenvalue weighted by Gasteiger charge is -2.09. The summed E-state index contributed by atoms with van der Waals surface area (Å²) < 4.78 is 55.8. The normalized spacial score (nSPS) is 11.5. The molecule has 10 nitrogen and oxygen atoms in total. The van der Waals surface area contributed by atoms with Crippen molar-refractivity contribution in [1.29, 1.82) is 0 Å². The predicted molar refractivity (Wildman–Crippen MR) is 137 cm³/mol. The summed E-state index contributed by atoms with van der Waals surface area (Å²) >= 11 is 0. The summed E-state index contributed by atoms with van der Waals surface area (Å²) in [4.78, 5) is 4.56. The molecule has 0 amide bonds. The molecule has 0 aliphatic heterocycles. The van der Waals surface area contributed by atoms with Crippen molar-refractivity contribution >= 4 is 26.7 Å². The van der Waals surface area contributed by atoms with Crippen LogP contribution in [0.4, 0.5) is 5.69 Å². The number of nitrogens with one attached hydrogen (secondary N) is 1. The van der Waals surface area contributed by atoms with Gasteiger partial charge in [0.2, 0.25) is 5.82 Å². The van der Waals surface area contributed by atoms with Crippen molar-refractivity contribution in [1.82, 2.24) is 10.1 Å². The Kier molecular flexibility index (Phi) is 6.22. The number of anilines is 1. The summed E-state index contributed by atoms with van der Waals surface area (Å²) in [5.41, 5.74) is 2.20. The summed E-state index contributed by atoms with van der Waals surface area (Å²) in [6.45, 7) is 1.80. The first kappa shape index (κ1) is 24.2. The van der Waals surface area contributed by atoms with Crippen LogP contribution in [0.2, 0.25) is 0 Å². The van der Waals surface area contributed by atoms with Gasteiger partial charge in [-0.25, -0.2) is 8.42 Å². The van der Waals surface area contributed by atoms with Gasteiger partial charge in [-0.05, 0) is 61.5 Å². The lowest BCUT2D eigenvalue weighted by molar-refractivity contribution is 0.394. The van der Waals surface area contributed by atoms with Crippen molar-refractivity contribution in [3.8, 4) is 40.3 Å². The standard InChI is InChI=1S/C26H23N3O7S/c1-15-22-14-21(37(30,31)29-17-5-7-18(32-2)8-6-17)9-10-23(22)35-24(15)26-27-25(28-36-26)16-11-19(33-3)13-20(12-16)34-4/h5-14,29H,1-4H3. The first-order valence-corrected chi connectivity index (χ1v) is 12.6. The van der Waals surface area contributed by atoms with E-state index in [-0.39, 0.29) is 10.8 Å². The fourth-order valence-corrected chi connectivity index (χ4v) is 4.90. The van der Waals surface area contributed by atoms with Crippen LogP contribution in [-0.4, -0.2) is 39.9 Å². The third-order valence-corrected chi connectivity index (χ3v) is 7.17. The topological polar surface area (TPSA) is 126 Å². The van der Waals surface area contributed by atoms with Gasteiger partial charge in [-0.3, -0.25) is 4.72 Å². The summed E-state index contributed by atoms with van der Waals surface area (Å²) in [6.07, 6.45) is 0. The van der Waals surface area contributed by atoms with Crippen LogP contribution in [0.3, 0.4) is 0 Å². The molecular weight excluding hydrogens is 498 g/mol. The molecule has 2 heterocycles. The van der Waals surface area contributed by atoms with Gasteiger partial charge in [0, 0.05) is 28.3 Å². The molecule has 0 aliphatic carbocycles. The van der Waals surface area contributed by atoms with Gasteiger partial charge in [0.25, 0.3) is 15.9 Å². The number of hydrogen-bond acceptors (Lipinski definition) is 9. The van der Waals surface area contributed by atoms with Crippen LogP contribution in [0.25, 0.3) is 34.0 Å². The highest BCUT2D eigenvalue weighted by Gasteiger charge is 2.22. The van der Waals surface area contributed by atoms with E-state index in [1.165, 1.54) is 6.07 Å². The minimum Gasteiger partial charge on any atom is -0.497 e. The summed E-state index contributed by atoms with van der Waals surface area (Å²) in [5.74, 6) is 2.61. The molecule has 0 saturated heterocycles. The molecule has 0 spiro atoms. The van der Waals surface area contributed by atoms with Gasteiger partial charge in [0.15, 0.2) is 5.76 Å². The lowest BCUT2D eigenvalue weighted by Crippen LogP contribution is -2.12. The second kappa shape index (κ2) is 9.51. The molecule has 0 saturated carbocycles. The number of fused-ring (bicyclic) bond motifs is 1. The number of sulfonamides is 1. The highest BCUT2D eigenvalue weighted by molar-refractivity contribution is 7.92. The number of benzene rings is 3. The molecule has 0 aliphatic rings. The van der Waals surface area contributed by atoms with Crippen molar-refractivity contribution in [3.05, 3.63) is 66.2 Å². The smallest absolute Gasteiger partial charge is 0.294 e. The Hall–Kier alpha value is -4.51. The van der Waals surface area contributed by atoms with Crippen LogP contribution in [0.1, 0.15) is 5.56 Å². The number of hydrogen-bond donors (Lipinski definition) is 1. The van der Waals surface area contributed by atoms with Gasteiger partial charge in [-0.1, -0.05) is 5.16 Å². The van der Waals surface area contributed by atoms with Gasteiger partial charge < -0.3 is 23.2 Å². The Balaban J connectivity index is 1.47. The lowest BCUT2D eigenvalue weighted by atomic mass is 10.1. The van der Waals surface area contributed by atoms with Crippen LogP contribution < -0.4 is 18.9 Å².